The van der Waals surface area contributed by atoms with E-state index in [4.69, 9.17) is 11.5 Å². The highest BCUT2D eigenvalue weighted by molar-refractivity contribution is 6.40. The molecule has 0 atom stereocenters. The Morgan fingerprint density at radius 1 is 1.00 bits per heavy atom. The number of H-pyrrole nitrogens is 1. The second kappa shape index (κ2) is 9.80. The van der Waals surface area contributed by atoms with E-state index in [1.807, 2.05) is 42.5 Å². The summed E-state index contributed by atoms with van der Waals surface area (Å²) in [6.07, 6.45) is 2.90. The molecule has 4 aromatic rings. The number of nitrogens with two attached hydrogens (primary N) is 2. The molecule has 0 saturated carbocycles. The summed E-state index contributed by atoms with van der Waals surface area (Å²) in [6.45, 7) is 0.493. The van der Waals surface area contributed by atoms with Gasteiger partial charge >= 0.3 is 13.2 Å². The molecular weight excluding hydrogens is 430 g/mol. The molecule has 0 saturated heterocycles. The van der Waals surface area contributed by atoms with Gasteiger partial charge in [0, 0.05) is 18.8 Å². The van der Waals surface area contributed by atoms with Crippen LogP contribution in [0.3, 0.4) is 0 Å². The van der Waals surface area contributed by atoms with Gasteiger partial charge in [-0.15, -0.1) is 0 Å². The molecule has 6 N–H and O–H groups in total. The monoisotopic (exact) mass is 451 g/mol. The fraction of sp³-hybridized carbons (Fsp3) is 0.0909. The largest absolute Gasteiger partial charge is 1.00 e. The number of amides is 2. The maximum atomic E-state index is 13.1. The molecule has 0 unspecified atom stereocenters. The van der Waals surface area contributed by atoms with Gasteiger partial charge in [-0.1, -0.05) is 42.5 Å². The number of nitrogen functional groups attached to an aromatic ring is 2. The van der Waals surface area contributed by atoms with Crippen molar-refractivity contribution in [3.05, 3.63) is 78.1 Å². The van der Waals surface area contributed by atoms with Crippen LogP contribution in [0, 0.1) is 0 Å². The average molecular weight is 452 g/mol. The minimum absolute atomic E-state index is 0. The fourth-order valence-electron chi connectivity index (χ4n) is 3.28. The number of aromatic nitrogens is 3. The summed E-state index contributed by atoms with van der Waals surface area (Å²) in [4.78, 5) is 31.4. The number of carbonyl (C=O) groups excluding carboxylic acids is 2. The van der Waals surface area contributed by atoms with Gasteiger partial charge in [0.05, 0.1) is 29.0 Å². The van der Waals surface area contributed by atoms with Crippen molar-refractivity contribution in [2.45, 2.75) is 13.1 Å². The molecule has 0 radical (unpaired) electrons. The van der Waals surface area contributed by atoms with Crippen LogP contribution in [-0.2, 0) is 22.7 Å². The molecule has 0 spiro atoms. The summed E-state index contributed by atoms with van der Waals surface area (Å²) in [5, 5.41) is 9.87. The SMILES string of the molecule is Nc1cccc(CN(Cc2ccccc2)C(=O)C(=O)Nc2cnc(N)c3cn[nH]c23)c1.[Cl-].[H+]. The van der Waals surface area contributed by atoms with Crippen LogP contribution >= 0.6 is 0 Å². The summed E-state index contributed by atoms with van der Waals surface area (Å²) >= 11 is 0. The molecule has 2 amide bonds. The summed E-state index contributed by atoms with van der Waals surface area (Å²) in [6, 6.07) is 16.7. The second-order valence-corrected chi connectivity index (χ2v) is 7.06. The van der Waals surface area contributed by atoms with Crippen LogP contribution in [0.5, 0.6) is 0 Å². The number of benzene rings is 2. The minimum Gasteiger partial charge on any atom is -1.00 e. The summed E-state index contributed by atoms with van der Waals surface area (Å²) in [7, 11) is 0. The van der Waals surface area contributed by atoms with Crippen LogP contribution in [0.2, 0.25) is 0 Å². The van der Waals surface area contributed by atoms with Gasteiger partial charge in [-0.3, -0.25) is 14.7 Å². The lowest BCUT2D eigenvalue weighted by molar-refractivity contribution is -0.144. The molecule has 2 aromatic carbocycles. The molecule has 32 heavy (non-hydrogen) atoms. The zero-order valence-corrected chi connectivity index (χ0v) is 17.7. The first-order chi connectivity index (χ1) is 15.0. The molecule has 2 aromatic heterocycles. The molecule has 0 fully saturated rings. The first-order valence-electron chi connectivity index (χ1n) is 9.57. The van der Waals surface area contributed by atoms with E-state index in [1.165, 1.54) is 17.3 Å². The number of aromatic amines is 1. The van der Waals surface area contributed by atoms with Crippen molar-refractivity contribution < 1.29 is 23.4 Å². The van der Waals surface area contributed by atoms with E-state index in [-0.39, 0.29) is 32.7 Å². The summed E-state index contributed by atoms with van der Waals surface area (Å²) in [5.41, 5.74) is 14.8. The number of rotatable bonds is 5. The summed E-state index contributed by atoms with van der Waals surface area (Å²) in [5.74, 6) is -1.20. The lowest BCUT2D eigenvalue weighted by Crippen LogP contribution is -3.00. The Kier molecular flexibility index (Phi) is 6.91. The maximum Gasteiger partial charge on any atom is 1.00 e. The number of carbonyl (C=O) groups is 2. The van der Waals surface area contributed by atoms with Crippen molar-refractivity contribution in [1.82, 2.24) is 20.1 Å². The van der Waals surface area contributed by atoms with Crippen molar-refractivity contribution in [2.24, 2.45) is 0 Å². The Balaban J connectivity index is 0.00000193. The molecule has 10 heteroatoms. The minimum atomic E-state index is -0.790. The number of anilines is 3. The molecule has 9 nitrogen and oxygen atoms in total. The number of nitrogens with one attached hydrogen (secondary N) is 2. The standard InChI is InChI=1S/C22H21N7O2.ClH/c23-16-8-4-7-15(9-16)13-29(12-14-5-2-1-3-6-14)22(31)21(30)27-18-11-25-20(24)17-10-26-28-19(17)18;/h1-11H,12-13,23H2,(H2,24,25)(H,26,28)(H,27,30);1H. The van der Waals surface area contributed by atoms with E-state index >= 15 is 0 Å². The molecular formula is C22H22ClN7O2. The normalized spacial score (nSPS) is 10.4. The number of halogens is 1. The van der Waals surface area contributed by atoms with Crippen molar-refractivity contribution in [1.29, 1.82) is 0 Å². The van der Waals surface area contributed by atoms with E-state index in [2.05, 4.69) is 20.5 Å². The highest BCUT2D eigenvalue weighted by Gasteiger charge is 2.24. The summed E-state index contributed by atoms with van der Waals surface area (Å²) < 4.78 is 0. The third-order valence-corrected chi connectivity index (χ3v) is 4.79. The van der Waals surface area contributed by atoms with E-state index in [9.17, 15) is 9.59 Å². The van der Waals surface area contributed by atoms with Crippen molar-refractivity contribution >= 4 is 39.9 Å². The Morgan fingerprint density at radius 3 is 2.47 bits per heavy atom. The van der Waals surface area contributed by atoms with Crippen LogP contribution in [0.15, 0.2) is 67.0 Å². The molecule has 0 aliphatic carbocycles. The Labute approximate surface area is 191 Å². The van der Waals surface area contributed by atoms with Crippen LogP contribution in [0.1, 0.15) is 12.6 Å². The zero-order valence-electron chi connectivity index (χ0n) is 18.0. The third-order valence-electron chi connectivity index (χ3n) is 4.79. The van der Waals surface area contributed by atoms with Gasteiger partial charge in [0.2, 0.25) is 0 Å². The van der Waals surface area contributed by atoms with Gasteiger partial charge in [-0.2, -0.15) is 5.10 Å². The first kappa shape index (κ1) is 22.6. The Hall–Kier alpha value is -4.11. The Bertz CT molecular complexity index is 1250. The molecule has 164 valence electrons. The lowest BCUT2D eigenvalue weighted by atomic mass is 10.1. The van der Waals surface area contributed by atoms with Gasteiger partial charge < -0.3 is 34.1 Å². The van der Waals surface area contributed by atoms with E-state index < -0.39 is 11.8 Å². The van der Waals surface area contributed by atoms with Crippen molar-refractivity contribution in [3.63, 3.8) is 0 Å². The van der Waals surface area contributed by atoms with E-state index in [1.54, 1.807) is 12.1 Å². The zero-order chi connectivity index (χ0) is 21.8. The van der Waals surface area contributed by atoms with Gasteiger partial charge in [-0.05, 0) is 23.3 Å². The van der Waals surface area contributed by atoms with Gasteiger partial charge in [0.15, 0.2) is 0 Å². The fourth-order valence-corrected chi connectivity index (χ4v) is 3.28. The molecule has 0 aliphatic heterocycles. The van der Waals surface area contributed by atoms with E-state index in [0.29, 0.717) is 22.3 Å². The van der Waals surface area contributed by atoms with Gasteiger partial charge in [0.25, 0.3) is 0 Å². The number of fused-ring (bicyclic) bond motifs is 1. The number of nitrogens with zero attached hydrogens (tertiary/aromatic N) is 3. The average Bonchev–Trinajstić information content (AvgIpc) is 3.27. The predicted octanol–water partition coefficient (Wildman–Crippen LogP) is -0.594. The molecule has 0 bridgehead atoms. The first-order valence-corrected chi connectivity index (χ1v) is 9.57. The van der Waals surface area contributed by atoms with E-state index in [0.717, 1.165) is 11.1 Å². The molecule has 0 aliphatic rings. The lowest BCUT2D eigenvalue weighted by Gasteiger charge is -2.22. The van der Waals surface area contributed by atoms with Crippen molar-refractivity contribution in [2.75, 3.05) is 16.8 Å². The number of hydrogen-bond acceptors (Lipinski definition) is 6. The van der Waals surface area contributed by atoms with Crippen LogP contribution < -0.4 is 29.2 Å². The topological polar surface area (TPSA) is 143 Å². The van der Waals surface area contributed by atoms with Gasteiger partial charge in [-0.25, -0.2) is 4.98 Å². The van der Waals surface area contributed by atoms with Crippen molar-refractivity contribution in [3.8, 4) is 0 Å². The second-order valence-electron chi connectivity index (χ2n) is 7.06. The van der Waals surface area contributed by atoms with Crippen LogP contribution in [0.4, 0.5) is 17.2 Å². The smallest absolute Gasteiger partial charge is 1.00 e. The number of hydrogen-bond donors (Lipinski definition) is 4. The Morgan fingerprint density at radius 2 is 1.72 bits per heavy atom. The maximum absolute atomic E-state index is 13.1. The molecule has 4 rings (SSSR count). The highest BCUT2D eigenvalue weighted by atomic mass is 35.5. The third kappa shape index (κ3) is 4.96. The van der Waals surface area contributed by atoms with Gasteiger partial charge in [0.1, 0.15) is 5.82 Å². The quantitative estimate of drug-likeness (QED) is 0.236. The highest BCUT2D eigenvalue weighted by Crippen LogP contribution is 2.24. The predicted molar refractivity (Wildman–Crippen MR) is 120 cm³/mol. The molecule has 2 heterocycles. The van der Waals surface area contributed by atoms with Crippen LogP contribution in [0.25, 0.3) is 10.9 Å². The number of pyridine rings is 1. The van der Waals surface area contributed by atoms with Crippen LogP contribution in [-0.4, -0.2) is 31.9 Å².